The SMILES string of the molecule is CC1CN(CCCc2c[nH]c3ccc(-n4cnnc4)cc23)CCN1Cc1ccccc1.CNC.O=C(O)C(=O)O. The molecule has 0 saturated carbocycles. The van der Waals surface area contributed by atoms with Crippen molar-refractivity contribution in [3.63, 3.8) is 0 Å². The van der Waals surface area contributed by atoms with E-state index in [-0.39, 0.29) is 0 Å². The average Bonchev–Trinajstić information content (AvgIpc) is 3.62. The number of aliphatic carboxylic acids is 2. The fourth-order valence-corrected chi connectivity index (χ4v) is 4.69. The standard InChI is InChI=1S/C25H30N6.C2H7N.C2H2O4/c1-20-16-29(12-13-30(20)17-21-6-3-2-4-7-21)11-5-8-22-15-26-25-10-9-23(14-24(22)25)31-18-27-28-19-31;1-3-2;3-1(4)2(5)6/h2-4,6-7,9-10,14-15,18-20,26H,5,8,11-13,16-17H2,1H3;3H,1-2H3;(H,3,4)(H,5,6). The molecule has 40 heavy (non-hydrogen) atoms. The normalized spacial score (nSPS) is 15.5. The Kier molecular flexibility index (Phi) is 11.8. The molecule has 11 nitrogen and oxygen atoms in total. The van der Waals surface area contributed by atoms with E-state index in [1.165, 1.54) is 28.5 Å². The molecule has 5 rings (SSSR count). The maximum atomic E-state index is 9.10. The van der Waals surface area contributed by atoms with E-state index in [9.17, 15) is 0 Å². The zero-order valence-electron chi connectivity index (χ0n) is 23.3. The van der Waals surface area contributed by atoms with Gasteiger partial charge in [0.15, 0.2) is 0 Å². The van der Waals surface area contributed by atoms with Crippen LogP contribution in [0.3, 0.4) is 0 Å². The Balaban J connectivity index is 0.000000429. The van der Waals surface area contributed by atoms with Crippen molar-refractivity contribution in [2.45, 2.75) is 32.4 Å². The van der Waals surface area contributed by atoms with Crippen molar-refractivity contribution >= 4 is 22.8 Å². The summed E-state index contributed by atoms with van der Waals surface area (Å²) in [5.41, 5.74) is 5.09. The molecule has 1 unspecified atom stereocenters. The number of carboxylic acid groups (broad SMARTS) is 2. The molecule has 1 fully saturated rings. The predicted octanol–water partition coefficient (Wildman–Crippen LogP) is 2.88. The molecule has 4 N–H and O–H groups in total. The monoisotopic (exact) mass is 549 g/mol. The summed E-state index contributed by atoms with van der Waals surface area (Å²) in [6.45, 7) is 8.02. The summed E-state index contributed by atoms with van der Waals surface area (Å²) in [5.74, 6) is -3.65. The number of hydrogen-bond donors (Lipinski definition) is 4. The van der Waals surface area contributed by atoms with Gasteiger partial charge >= 0.3 is 11.9 Å². The van der Waals surface area contributed by atoms with Crippen molar-refractivity contribution in [2.24, 2.45) is 0 Å². The smallest absolute Gasteiger partial charge is 0.414 e. The van der Waals surface area contributed by atoms with Crippen molar-refractivity contribution in [1.29, 1.82) is 0 Å². The number of nitrogens with one attached hydrogen (secondary N) is 2. The van der Waals surface area contributed by atoms with Gasteiger partial charge in [-0.2, -0.15) is 0 Å². The summed E-state index contributed by atoms with van der Waals surface area (Å²) in [4.78, 5) is 26.9. The number of piperazine rings is 1. The van der Waals surface area contributed by atoms with Crippen molar-refractivity contribution in [3.05, 3.63) is 78.5 Å². The molecule has 1 saturated heterocycles. The van der Waals surface area contributed by atoms with E-state index in [4.69, 9.17) is 19.8 Å². The summed E-state index contributed by atoms with van der Waals surface area (Å²) < 4.78 is 1.95. The van der Waals surface area contributed by atoms with Crippen LogP contribution in [0.5, 0.6) is 0 Å². The molecule has 214 valence electrons. The van der Waals surface area contributed by atoms with Gasteiger partial charge in [0, 0.05) is 55.0 Å². The Morgan fingerprint density at radius 2 is 1.70 bits per heavy atom. The quantitative estimate of drug-likeness (QED) is 0.256. The van der Waals surface area contributed by atoms with Crippen LogP contribution in [0.1, 0.15) is 24.5 Å². The first-order chi connectivity index (χ1) is 19.3. The first-order valence-electron chi connectivity index (χ1n) is 13.3. The van der Waals surface area contributed by atoms with Crippen LogP contribution >= 0.6 is 0 Å². The number of hydrogen-bond acceptors (Lipinski definition) is 7. The van der Waals surface area contributed by atoms with Gasteiger partial charge in [-0.25, -0.2) is 9.59 Å². The fourth-order valence-electron chi connectivity index (χ4n) is 4.69. The van der Waals surface area contributed by atoms with Gasteiger partial charge in [0.2, 0.25) is 0 Å². The van der Waals surface area contributed by atoms with Crippen molar-refractivity contribution < 1.29 is 19.8 Å². The minimum absolute atomic E-state index is 0.591. The van der Waals surface area contributed by atoms with Crippen molar-refractivity contribution in [3.8, 4) is 5.69 Å². The Hall–Kier alpha value is -4.06. The lowest BCUT2D eigenvalue weighted by Gasteiger charge is -2.40. The number of carboxylic acids is 2. The Morgan fingerprint density at radius 1 is 1.02 bits per heavy atom. The summed E-state index contributed by atoms with van der Waals surface area (Å²) in [6.07, 6.45) is 7.92. The highest BCUT2D eigenvalue weighted by Crippen LogP contribution is 2.23. The first-order valence-corrected chi connectivity index (χ1v) is 13.3. The van der Waals surface area contributed by atoms with Crippen molar-refractivity contribution in [1.82, 2.24) is 34.9 Å². The molecule has 0 amide bonds. The molecule has 1 atom stereocenters. The maximum absolute atomic E-state index is 9.10. The summed E-state index contributed by atoms with van der Waals surface area (Å²) >= 11 is 0. The Labute approximate surface area is 234 Å². The van der Waals surface area contributed by atoms with Gasteiger partial charge in [-0.15, -0.1) is 10.2 Å². The van der Waals surface area contributed by atoms with E-state index in [1.807, 2.05) is 18.7 Å². The van der Waals surface area contributed by atoms with E-state index in [1.54, 1.807) is 12.7 Å². The minimum atomic E-state index is -1.82. The summed E-state index contributed by atoms with van der Waals surface area (Å²) in [6, 6.07) is 17.9. The Bertz CT molecular complexity index is 1310. The number of nitrogens with zero attached hydrogens (tertiary/aromatic N) is 5. The fraction of sp³-hybridized carbons (Fsp3) is 0.379. The molecule has 0 bridgehead atoms. The number of aromatic nitrogens is 4. The largest absolute Gasteiger partial charge is 0.473 e. The molecule has 0 radical (unpaired) electrons. The second-order valence-electron chi connectivity index (χ2n) is 9.73. The van der Waals surface area contributed by atoms with Gasteiger partial charge in [0.05, 0.1) is 0 Å². The number of H-pyrrole nitrogens is 1. The molecule has 2 aromatic heterocycles. The van der Waals surface area contributed by atoms with Gasteiger partial charge in [-0.3, -0.25) is 9.47 Å². The molecule has 0 aliphatic carbocycles. The number of carbonyl (C=O) groups is 2. The second-order valence-corrected chi connectivity index (χ2v) is 9.73. The number of fused-ring (bicyclic) bond motifs is 1. The Morgan fingerprint density at radius 3 is 2.33 bits per heavy atom. The average molecular weight is 550 g/mol. The van der Waals surface area contributed by atoms with E-state index < -0.39 is 11.9 Å². The van der Waals surface area contributed by atoms with Crippen LogP contribution in [0.15, 0.2) is 67.4 Å². The van der Waals surface area contributed by atoms with Crippen molar-refractivity contribution in [2.75, 3.05) is 40.3 Å². The van der Waals surface area contributed by atoms with E-state index in [2.05, 4.69) is 91.9 Å². The van der Waals surface area contributed by atoms with E-state index >= 15 is 0 Å². The number of aromatic amines is 1. The molecule has 0 spiro atoms. The summed E-state index contributed by atoms with van der Waals surface area (Å²) in [5, 5.41) is 26.7. The lowest BCUT2D eigenvalue weighted by atomic mass is 10.1. The molecule has 1 aliphatic heterocycles. The zero-order valence-corrected chi connectivity index (χ0v) is 23.3. The highest BCUT2D eigenvalue weighted by atomic mass is 16.4. The minimum Gasteiger partial charge on any atom is -0.473 e. The highest BCUT2D eigenvalue weighted by Gasteiger charge is 2.23. The molecular formula is C29H39N7O4. The van der Waals surface area contributed by atoms with Crippen LogP contribution in [0.2, 0.25) is 0 Å². The topological polar surface area (TPSA) is 140 Å². The third-order valence-corrected chi connectivity index (χ3v) is 6.65. The van der Waals surface area contributed by atoms with Gasteiger partial charge in [0.25, 0.3) is 0 Å². The van der Waals surface area contributed by atoms with E-state index in [0.29, 0.717) is 6.04 Å². The molecule has 11 heteroatoms. The summed E-state index contributed by atoms with van der Waals surface area (Å²) in [7, 11) is 3.75. The third-order valence-electron chi connectivity index (χ3n) is 6.65. The van der Waals surface area contributed by atoms with Gasteiger partial charge in [0.1, 0.15) is 12.7 Å². The maximum Gasteiger partial charge on any atom is 0.414 e. The lowest BCUT2D eigenvalue weighted by molar-refractivity contribution is -0.159. The van der Waals surface area contributed by atoms with Crippen LogP contribution in [-0.4, -0.2) is 98.0 Å². The van der Waals surface area contributed by atoms with Gasteiger partial charge < -0.3 is 25.4 Å². The molecule has 2 aromatic carbocycles. The second kappa shape index (κ2) is 15.5. The van der Waals surface area contributed by atoms with Crippen LogP contribution < -0.4 is 5.32 Å². The third kappa shape index (κ3) is 9.01. The lowest BCUT2D eigenvalue weighted by Crippen LogP contribution is -2.51. The number of benzene rings is 2. The molecule has 1 aliphatic rings. The van der Waals surface area contributed by atoms with E-state index in [0.717, 1.165) is 44.8 Å². The molecule has 3 heterocycles. The zero-order chi connectivity index (χ0) is 28.9. The van der Waals surface area contributed by atoms with Gasteiger partial charge in [-0.1, -0.05) is 30.3 Å². The highest BCUT2D eigenvalue weighted by molar-refractivity contribution is 6.27. The molecular weight excluding hydrogens is 510 g/mol. The molecule has 4 aromatic rings. The van der Waals surface area contributed by atoms with Crippen LogP contribution in [0.4, 0.5) is 0 Å². The van der Waals surface area contributed by atoms with Crippen LogP contribution in [0.25, 0.3) is 16.6 Å². The number of rotatable bonds is 7. The van der Waals surface area contributed by atoms with Crippen LogP contribution in [-0.2, 0) is 22.6 Å². The van der Waals surface area contributed by atoms with Gasteiger partial charge in [-0.05, 0) is 69.7 Å². The predicted molar refractivity (Wildman–Crippen MR) is 155 cm³/mol. The van der Waals surface area contributed by atoms with Crippen LogP contribution in [0, 0.1) is 0 Å². The number of aryl methyl sites for hydroxylation is 1. The first kappa shape index (κ1) is 30.5.